The van der Waals surface area contributed by atoms with E-state index in [-0.39, 0.29) is 23.7 Å². The first-order chi connectivity index (χ1) is 10.7. The molecule has 0 aromatic carbocycles. The Bertz CT molecular complexity index is 482. The van der Waals surface area contributed by atoms with Crippen molar-refractivity contribution in [2.45, 2.75) is 89.6 Å². The van der Waals surface area contributed by atoms with Gasteiger partial charge in [-0.1, -0.05) is 20.8 Å². The second-order valence-corrected chi connectivity index (χ2v) is 14.2. The summed E-state index contributed by atoms with van der Waals surface area (Å²) in [5.74, 6) is 0. The van der Waals surface area contributed by atoms with Crippen molar-refractivity contribution in [3.8, 4) is 0 Å². The molecule has 6 nitrogen and oxygen atoms in total. The molecule has 1 N–H and O–H groups in total. The standard InChI is InChI=1S/C17H33NO5Si/c1-16(2,3)22-15(20)18-9-11(19)14-13(18)12(10-21-14)23-24(7,8)17(4,5)6/h11-14,19H,9-10H2,1-8H3. The van der Waals surface area contributed by atoms with E-state index in [2.05, 4.69) is 33.9 Å². The van der Waals surface area contributed by atoms with Crippen LogP contribution in [0.4, 0.5) is 4.79 Å². The Hall–Kier alpha value is -0.633. The van der Waals surface area contributed by atoms with Crippen molar-refractivity contribution < 1.29 is 23.8 Å². The minimum atomic E-state index is -2.00. The number of carbonyl (C=O) groups excluding carboxylic acids is 1. The summed E-state index contributed by atoms with van der Waals surface area (Å²) >= 11 is 0. The smallest absolute Gasteiger partial charge is 0.410 e. The van der Waals surface area contributed by atoms with Gasteiger partial charge in [-0.05, 0) is 38.9 Å². The summed E-state index contributed by atoms with van der Waals surface area (Å²) in [6.45, 7) is 17.1. The lowest BCUT2D eigenvalue weighted by Gasteiger charge is -2.40. The van der Waals surface area contributed by atoms with Crippen LogP contribution in [-0.4, -0.2) is 67.5 Å². The van der Waals surface area contributed by atoms with Gasteiger partial charge in [0.15, 0.2) is 8.32 Å². The zero-order valence-corrected chi connectivity index (χ0v) is 17.3. The van der Waals surface area contributed by atoms with Crippen molar-refractivity contribution in [2.75, 3.05) is 13.2 Å². The van der Waals surface area contributed by atoms with E-state index in [9.17, 15) is 9.90 Å². The van der Waals surface area contributed by atoms with Gasteiger partial charge in [0.25, 0.3) is 0 Å². The molecule has 0 aromatic rings. The fourth-order valence-corrected chi connectivity index (χ4v) is 4.25. The van der Waals surface area contributed by atoms with Gasteiger partial charge in [0.2, 0.25) is 0 Å². The molecule has 2 fully saturated rings. The van der Waals surface area contributed by atoms with Gasteiger partial charge in [-0.3, -0.25) is 4.90 Å². The summed E-state index contributed by atoms with van der Waals surface area (Å²) in [6, 6.07) is -0.288. The van der Waals surface area contributed by atoms with Gasteiger partial charge in [0.1, 0.15) is 11.7 Å². The number of β-amino-alcohol motifs (C(OH)–C–C–N with tert-alkyl or cyclic N) is 1. The first kappa shape index (κ1) is 19.7. The van der Waals surface area contributed by atoms with Gasteiger partial charge in [0.05, 0.1) is 31.4 Å². The third-order valence-electron chi connectivity index (χ3n) is 5.17. The minimum absolute atomic E-state index is 0.0685. The van der Waals surface area contributed by atoms with E-state index in [4.69, 9.17) is 13.9 Å². The molecule has 4 unspecified atom stereocenters. The molecule has 4 atom stereocenters. The highest BCUT2D eigenvalue weighted by molar-refractivity contribution is 6.74. The summed E-state index contributed by atoms with van der Waals surface area (Å²) in [6.07, 6.45) is -1.73. The molecule has 0 bridgehead atoms. The predicted octanol–water partition coefficient (Wildman–Crippen LogP) is 2.76. The van der Waals surface area contributed by atoms with Gasteiger partial charge in [-0.25, -0.2) is 4.79 Å². The molecule has 24 heavy (non-hydrogen) atoms. The molecule has 0 radical (unpaired) electrons. The Kier molecular flexibility index (Phi) is 5.14. The number of aliphatic hydroxyl groups excluding tert-OH is 1. The van der Waals surface area contributed by atoms with Crippen LogP contribution in [-0.2, 0) is 13.9 Å². The van der Waals surface area contributed by atoms with Crippen LogP contribution in [0.15, 0.2) is 0 Å². The van der Waals surface area contributed by atoms with Crippen molar-refractivity contribution in [2.24, 2.45) is 0 Å². The van der Waals surface area contributed by atoms with E-state index in [1.165, 1.54) is 0 Å². The number of carbonyl (C=O) groups is 1. The second-order valence-electron chi connectivity index (χ2n) is 9.41. The van der Waals surface area contributed by atoms with Gasteiger partial charge >= 0.3 is 6.09 Å². The van der Waals surface area contributed by atoms with Crippen LogP contribution in [0.5, 0.6) is 0 Å². The Morgan fingerprint density at radius 1 is 1.21 bits per heavy atom. The number of hydrogen-bond acceptors (Lipinski definition) is 5. The van der Waals surface area contributed by atoms with Crippen LogP contribution in [0.1, 0.15) is 41.5 Å². The van der Waals surface area contributed by atoms with Gasteiger partial charge < -0.3 is 19.0 Å². The highest BCUT2D eigenvalue weighted by atomic mass is 28.4. The average Bonchev–Trinajstić information content (AvgIpc) is 2.88. The first-order valence-corrected chi connectivity index (χ1v) is 11.6. The van der Waals surface area contributed by atoms with Crippen molar-refractivity contribution in [1.29, 1.82) is 0 Å². The van der Waals surface area contributed by atoms with E-state index < -0.39 is 32.2 Å². The topological polar surface area (TPSA) is 68.2 Å². The zero-order chi connectivity index (χ0) is 18.5. The summed E-state index contributed by atoms with van der Waals surface area (Å²) in [5.41, 5.74) is -0.574. The van der Waals surface area contributed by atoms with Gasteiger partial charge in [0, 0.05) is 0 Å². The number of nitrogens with zero attached hydrogens (tertiary/aromatic N) is 1. The fourth-order valence-electron chi connectivity index (χ4n) is 2.93. The molecular weight excluding hydrogens is 326 g/mol. The van der Waals surface area contributed by atoms with Crippen molar-refractivity contribution in [3.05, 3.63) is 0 Å². The molecule has 2 saturated heterocycles. The van der Waals surface area contributed by atoms with Crippen LogP contribution in [0.3, 0.4) is 0 Å². The van der Waals surface area contributed by atoms with Gasteiger partial charge in [-0.15, -0.1) is 0 Å². The summed E-state index contributed by atoms with van der Waals surface area (Å²) < 4.78 is 17.8. The average molecular weight is 360 g/mol. The molecule has 1 amide bonds. The maximum Gasteiger partial charge on any atom is 0.410 e. The Balaban J connectivity index is 2.17. The molecule has 0 saturated carbocycles. The molecule has 0 spiro atoms. The highest BCUT2D eigenvalue weighted by Crippen LogP contribution is 2.41. The zero-order valence-electron chi connectivity index (χ0n) is 16.3. The maximum atomic E-state index is 12.6. The molecule has 7 heteroatoms. The molecular formula is C17H33NO5Si. The molecule has 2 aliphatic rings. The Morgan fingerprint density at radius 3 is 2.29 bits per heavy atom. The molecule has 2 rings (SSSR count). The summed E-state index contributed by atoms with van der Waals surface area (Å²) in [5, 5.41) is 10.3. The minimum Gasteiger partial charge on any atom is -0.444 e. The first-order valence-electron chi connectivity index (χ1n) is 8.70. The van der Waals surface area contributed by atoms with Crippen molar-refractivity contribution in [3.63, 3.8) is 0 Å². The third-order valence-corrected chi connectivity index (χ3v) is 9.68. The molecule has 2 aliphatic heterocycles. The van der Waals surface area contributed by atoms with E-state index in [0.717, 1.165) is 0 Å². The number of aliphatic hydroxyl groups is 1. The van der Waals surface area contributed by atoms with Crippen molar-refractivity contribution in [1.82, 2.24) is 4.90 Å². The second kappa shape index (κ2) is 6.27. The molecule has 2 heterocycles. The van der Waals surface area contributed by atoms with E-state index in [1.807, 2.05) is 20.8 Å². The third kappa shape index (κ3) is 3.95. The van der Waals surface area contributed by atoms with Crippen LogP contribution < -0.4 is 0 Å². The van der Waals surface area contributed by atoms with E-state index >= 15 is 0 Å². The summed E-state index contributed by atoms with van der Waals surface area (Å²) in [7, 11) is -2.00. The lowest BCUT2D eigenvalue weighted by atomic mass is 10.1. The van der Waals surface area contributed by atoms with E-state index in [0.29, 0.717) is 6.61 Å². The lowest BCUT2D eigenvalue weighted by Crippen LogP contribution is -2.52. The Morgan fingerprint density at radius 2 is 1.79 bits per heavy atom. The number of likely N-dealkylation sites (tertiary alicyclic amines) is 1. The van der Waals surface area contributed by atoms with Crippen molar-refractivity contribution >= 4 is 14.4 Å². The van der Waals surface area contributed by atoms with Crippen LogP contribution in [0, 0.1) is 0 Å². The maximum absolute atomic E-state index is 12.6. The number of rotatable bonds is 2. The molecule has 140 valence electrons. The Labute approximate surface area is 146 Å². The monoisotopic (exact) mass is 359 g/mol. The summed E-state index contributed by atoms with van der Waals surface area (Å²) in [4.78, 5) is 14.1. The number of ether oxygens (including phenoxy) is 2. The molecule has 0 aromatic heterocycles. The molecule has 0 aliphatic carbocycles. The number of fused-ring (bicyclic) bond motifs is 1. The van der Waals surface area contributed by atoms with Gasteiger partial charge in [-0.2, -0.15) is 0 Å². The van der Waals surface area contributed by atoms with Crippen LogP contribution in [0.2, 0.25) is 18.1 Å². The highest BCUT2D eigenvalue weighted by Gasteiger charge is 2.55. The van der Waals surface area contributed by atoms with Crippen LogP contribution in [0.25, 0.3) is 0 Å². The number of amides is 1. The fraction of sp³-hybridized carbons (Fsp3) is 0.941. The van der Waals surface area contributed by atoms with Crippen LogP contribution >= 0.6 is 0 Å². The quantitative estimate of drug-likeness (QED) is 0.768. The number of hydrogen-bond donors (Lipinski definition) is 1. The normalized spacial score (nSPS) is 31.3. The SMILES string of the molecule is CC(C)(C)OC(=O)N1CC(O)C2OCC(O[Si](C)(C)C(C)(C)C)C21. The lowest BCUT2D eigenvalue weighted by molar-refractivity contribution is 0.00661. The predicted molar refractivity (Wildman–Crippen MR) is 94.5 cm³/mol. The van der Waals surface area contributed by atoms with E-state index in [1.54, 1.807) is 4.90 Å². The largest absolute Gasteiger partial charge is 0.444 e.